The van der Waals surface area contributed by atoms with Gasteiger partial charge in [0.25, 0.3) is 5.91 Å². The van der Waals surface area contributed by atoms with Gasteiger partial charge in [-0.1, -0.05) is 12.1 Å². The van der Waals surface area contributed by atoms with E-state index in [9.17, 15) is 14.9 Å². The Morgan fingerprint density at radius 1 is 1.13 bits per heavy atom. The number of nitriles is 1. The van der Waals surface area contributed by atoms with Crippen molar-refractivity contribution in [1.29, 1.82) is 5.26 Å². The molecule has 0 saturated heterocycles. The molecule has 0 spiro atoms. The van der Waals surface area contributed by atoms with Crippen LogP contribution in [0.15, 0.2) is 29.8 Å². The second kappa shape index (κ2) is 9.13. The number of esters is 1. The number of carbonyl (C=O) groups is 2. The zero-order chi connectivity index (χ0) is 21.8. The fraction of sp³-hybridized carbons (Fsp3) is 0.560. The van der Waals surface area contributed by atoms with Crippen LogP contribution in [0, 0.1) is 34.5 Å². The van der Waals surface area contributed by atoms with Crippen molar-refractivity contribution in [3.63, 3.8) is 0 Å². The molecule has 4 aliphatic rings. The molecule has 4 saturated carbocycles. The maximum atomic E-state index is 12.3. The molecule has 31 heavy (non-hydrogen) atoms. The molecule has 4 fully saturated rings. The Balaban J connectivity index is 1.26. The van der Waals surface area contributed by atoms with E-state index in [-0.39, 0.29) is 23.5 Å². The summed E-state index contributed by atoms with van der Waals surface area (Å²) in [6, 6.07) is 8.92. The van der Waals surface area contributed by atoms with Crippen LogP contribution in [0.2, 0.25) is 0 Å². The highest BCUT2D eigenvalue weighted by molar-refractivity contribution is 5.98. The van der Waals surface area contributed by atoms with Crippen molar-refractivity contribution in [2.24, 2.45) is 23.2 Å². The van der Waals surface area contributed by atoms with Crippen molar-refractivity contribution >= 4 is 18.0 Å². The standard InChI is InChI=1S/C25H30N2O4/c1-2-30-22-5-3-17(4-6-22)10-21(14-26)24(29)31-15-23(28)27-16-25-11-18-7-19(12-25)9-20(8-18)13-25/h3-6,10,18-20H,2,7-9,11-13,15-16H2,1H3,(H,27,28)/b21-10+. The Bertz CT molecular complexity index is 862. The predicted molar refractivity (Wildman–Crippen MR) is 116 cm³/mol. The lowest BCUT2D eigenvalue weighted by Gasteiger charge is -2.56. The van der Waals surface area contributed by atoms with E-state index >= 15 is 0 Å². The Morgan fingerprint density at radius 2 is 1.74 bits per heavy atom. The Kier molecular flexibility index (Phi) is 6.31. The van der Waals surface area contributed by atoms with Crippen molar-refractivity contribution in [3.05, 3.63) is 35.4 Å². The molecule has 164 valence electrons. The van der Waals surface area contributed by atoms with Gasteiger partial charge in [0.15, 0.2) is 6.61 Å². The normalized spacial score (nSPS) is 28.6. The van der Waals surface area contributed by atoms with Crippen molar-refractivity contribution in [2.45, 2.75) is 45.4 Å². The summed E-state index contributed by atoms with van der Waals surface area (Å²) in [5.41, 5.74) is 0.779. The van der Waals surface area contributed by atoms with Crippen LogP contribution in [-0.2, 0) is 14.3 Å². The monoisotopic (exact) mass is 422 g/mol. The molecule has 0 atom stereocenters. The van der Waals surface area contributed by atoms with Crippen LogP contribution in [0.3, 0.4) is 0 Å². The molecule has 0 radical (unpaired) electrons. The first kappa shape index (κ1) is 21.4. The number of hydrogen-bond acceptors (Lipinski definition) is 5. The Morgan fingerprint density at radius 3 is 2.29 bits per heavy atom. The lowest BCUT2D eigenvalue weighted by molar-refractivity contribution is -0.144. The summed E-state index contributed by atoms with van der Waals surface area (Å²) < 4.78 is 10.5. The number of ether oxygens (including phenoxy) is 2. The highest BCUT2D eigenvalue weighted by Gasteiger charge is 2.50. The predicted octanol–water partition coefficient (Wildman–Crippen LogP) is 3.87. The largest absolute Gasteiger partial charge is 0.494 e. The zero-order valence-corrected chi connectivity index (χ0v) is 18.1. The Labute approximate surface area is 183 Å². The third-order valence-corrected chi connectivity index (χ3v) is 7.00. The number of benzene rings is 1. The van der Waals surface area contributed by atoms with Crippen molar-refractivity contribution in [3.8, 4) is 11.8 Å². The molecular formula is C25H30N2O4. The van der Waals surface area contributed by atoms with Crippen molar-refractivity contribution in [1.82, 2.24) is 5.32 Å². The topological polar surface area (TPSA) is 88.4 Å². The van der Waals surface area contributed by atoms with E-state index in [1.54, 1.807) is 24.3 Å². The fourth-order valence-corrected chi connectivity index (χ4v) is 6.18. The van der Waals surface area contributed by atoms with E-state index in [0.717, 1.165) is 23.5 Å². The molecule has 1 aromatic carbocycles. The lowest BCUT2D eigenvalue weighted by atomic mass is 9.49. The molecule has 0 aliphatic heterocycles. The summed E-state index contributed by atoms with van der Waals surface area (Å²) >= 11 is 0. The highest BCUT2D eigenvalue weighted by Crippen LogP contribution is 2.59. The van der Waals surface area contributed by atoms with Crippen LogP contribution in [0.25, 0.3) is 6.08 Å². The zero-order valence-electron chi connectivity index (χ0n) is 18.1. The van der Waals surface area contributed by atoms with E-state index in [4.69, 9.17) is 9.47 Å². The first-order valence-electron chi connectivity index (χ1n) is 11.3. The molecule has 1 N–H and O–H groups in total. The highest BCUT2D eigenvalue weighted by atomic mass is 16.5. The van der Waals surface area contributed by atoms with Gasteiger partial charge in [-0.15, -0.1) is 0 Å². The molecule has 6 nitrogen and oxygen atoms in total. The van der Waals surface area contributed by atoms with Crippen LogP contribution >= 0.6 is 0 Å². The van der Waals surface area contributed by atoms with Gasteiger partial charge in [-0.2, -0.15) is 5.26 Å². The van der Waals surface area contributed by atoms with Crippen molar-refractivity contribution < 1.29 is 19.1 Å². The van der Waals surface area contributed by atoms with Gasteiger partial charge < -0.3 is 14.8 Å². The number of nitrogens with one attached hydrogen (secondary N) is 1. The van der Waals surface area contributed by atoms with Gasteiger partial charge in [-0.05, 0) is 92.4 Å². The molecule has 4 bridgehead atoms. The summed E-state index contributed by atoms with van der Waals surface area (Å²) in [5, 5.41) is 12.3. The van der Waals surface area contributed by atoms with Gasteiger partial charge in [-0.25, -0.2) is 4.79 Å². The van der Waals surface area contributed by atoms with E-state index in [0.29, 0.717) is 18.7 Å². The van der Waals surface area contributed by atoms with E-state index in [1.165, 1.54) is 44.6 Å². The molecule has 0 heterocycles. The third kappa shape index (κ3) is 5.10. The van der Waals surface area contributed by atoms with Gasteiger partial charge >= 0.3 is 5.97 Å². The second-order valence-electron chi connectivity index (χ2n) is 9.44. The summed E-state index contributed by atoms with van der Waals surface area (Å²) in [6.07, 6.45) is 9.17. The molecule has 1 amide bonds. The van der Waals surface area contributed by atoms with Crippen LogP contribution in [-0.4, -0.2) is 31.6 Å². The number of carbonyl (C=O) groups excluding carboxylic acids is 2. The van der Waals surface area contributed by atoms with Crippen molar-refractivity contribution in [2.75, 3.05) is 19.8 Å². The summed E-state index contributed by atoms with van der Waals surface area (Å²) in [5.74, 6) is 2.10. The number of rotatable bonds is 8. The summed E-state index contributed by atoms with van der Waals surface area (Å²) in [7, 11) is 0. The maximum Gasteiger partial charge on any atom is 0.349 e. The molecule has 4 aliphatic carbocycles. The molecule has 0 unspecified atom stereocenters. The van der Waals surface area contributed by atoms with Crippen LogP contribution in [0.4, 0.5) is 0 Å². The SMILES string of the molecule is CCOc1ccc(/C=C(\C#N)C(=O)OCC(=O)NCC23CC4CC(CC(C4)C2)C3)cc1. The molecule has 1 aromatic rings. The lowest BCUT2D eigenvalue weighted by Crippen LogP contribution is -2.51. The smallest absolute Gasteiger partial charge is 0.349 e. The minimum absolute atomic E-state index is 0.141. The quantitative estimate of drug-likeness (QED) is 0.390. The first-order valence-corrected chi connectivity index (χ1v) is 11.3. The molecule has 6 heteroatoms. The number of hydrogen-bond donors (Lipinski definition) is 1. The fourth-order valence-electron chi connectivity index (χ4n) is 6.18. The van der Waals surface area contributed by atoms with E-state index < -0.39 is 5.97 Å². The van der Waals surface area contributed by atoms with Gasteiger partial charge in [0.1, 0.15) is 17.4 Å². The molecular weight excluding hydrogens is 392 g/mol. The van der Waals surface area contributed by atoms with E-state index in [1.807, 2.05) is 13.0 Å². The van der Waals surface area contributed by atoms with Gasteiger partial charge in [0.05, 0.1) is 6.61 Å². The van der Waals surface area contributed by atoms with Crippen LogP contribution < -0.4 is 10.1 Å². The summed E-state index contributed by atoms with van der Waals surface area (Å²) in [6.45, 7) is 2.76. The van der Waals surface area contributed by atoms with Crippen LogP contribution in [0.5, 0.6) is 5.75 Å². The second-order valence-corrected chi connectivity index (χ2v) is 9.44. The maximum absolute atomic E-state index is 12.3. The molecule has 5 rings (SSSR count). The van der Waals surface area contributed by atoms with E-state index in [2.05, 4.69) is 5.32 Å². The van der Waals surface area contributed by atoms with Gasteiger partial charge in [0, 0.05) is 6.54 Å². The minimum atomic E-state index is -0.790. The average molecular weight is 423 g/mol. The average Bonchev–Trinajstić information content (AvgIpc) is 2.75. The Hall–Kier alpha value is -2.81. The third-order valence-electron chi connectivity index (χ3n) is 7.00. The number of nitrogens with zero attached hydrogens (tertiary/aromatic N) is 1. The van der Waals surface area contributed by atoms with Gasteiger partial charge in [0.2, 0.25) is 0 Å². The van der Waals surface area contributed by atoms with Gasteiger partial charge in [-0.3, -0.25) is 4.79 Å². The van der Waals surface area contributed by atoms with Crippen LogP contribution in [0.1, 0.15) is 51.0 Å². The summed E-state index contributed by atoms with van der Waals surface area (Å²) in [4.78, 5) is 24.6. The first-order chi connectivity index (χ1) is 15.0. The minimum Gasteiger partial charge on any atom is -0.494 e. The number of amides is 1. The molecule has 0 aromatic heterocycles.